The van der Waals surface area contributed by atoms with Crippen molar-refractivity contribution in [1.29, 1.82) is 0 Å². The molecule has 0 aromatic carbocycles. The van der Waals surface area contributed by atoms with Crippen LogP contribution in [0.4, 0.5) is 0 Å². The van der Waals surface area contributed by atoms with E-state index in [4.69, 9.17) is 16.3 Å². The first kappa shape index (κ1) is 12.6. The van der Waals surface area contributed by atoms with Crippen molar-refractivity contribution in [1.82, 2.24) is 4.98 Å². The minimum Gasteiger partial charge on any atom is -0.456 e. The molecule has 0 amide bonds. The lowest BCUT2D eigenvalue weighted by atomic mass is 10.1. The molecular formula is C11H12ClNO3. The highest BCUT2D eigenvalue weighted by Gasteiger charge is 2.22. The third kappa shape index (κ3) is 3.31. The van der Waals surface area contributed by atoms with E-state index >= 15 is 0 Å². The normalized spacial score (nSPS) is 11.0. The molecule has 5 heteroatoms. The molecule has 0 aliphatic carbocycles. The number of pyridine rings is 1. The standard InChI is InChI=1S/C11H12ClNO3/c1-11(2,3)16-10(15)7-5-4-6-13-8(7)9(12)14/h4-6H,1-3H3. The second-order valence-electron chi connectivity index (χ2n) is 4.18. The van der Waals surface area contributed by atoms with Crippen LogP contribution in [0.3, 0.4) is 0 Å². The van der Waals surface area contributed by atoms with E-state index in [0.29, 0.717) is 0 Å². The summed E-state index contributed by atoms with van der Waals surface area (Å²) in [4.78, 5) is 26.5. The lowest BCUT2D eigenvalue weighted by molar-refractivity contribution is 0.00675. The van der Waals surface area contributed by atoms with Crippen molar-refractivity contribution in [3.63, 3.8) is 0 Å². The first-order chi connectivity index (χ1) is 7.31. The SMILES string of the molecule is CC(C)(C)OC(=O)c1cccnc1C(=O)Cl. The smallest absolute Gasteiger partial charge is 0.341 e. The van der Waals surface area contributed by atoms with E-state index in [0.717, 1.165) is 0 Å². The molecule has 1 rings (SSSR count). The second kappa shape index (κ2) is 4.61. The summed E-state index contributed by atoms with van der Waals surface area (Å²) >= 11 is 5.31. The summed E-state index contributed by atoms with van der Waals surface area (Å²) < 4.78 is 5.12. The van der Waals surface area contributed by atoms with Crippen molar-refractivity contribution in [2.45, 2.75) is 26.4 Å². The van der Waals surface area contributed by atoms with Gasteiger partial charge in [0.15, 0.2) is 0 Å². The first-order valence-electron chi connectivity index (χ1n) is 4.69. The Bertz CT molecular complexity index is 423. The zero-order valence-corrected chi connectivity index (χ0v) is 10.0. The maximum Gasteiger partial charge on any atom is 0.341 e. The van der Waals surface area contributed by atoms with Crippen LogP contribution in [0.2, 0.25) is 0 Å². The molecule has 1 aromatic heterocycles. The molecule has 16 heavy (non-hydrogen) atoms. The molecule has 1 heterocycles. The summed E-state index contributed by atoms with van der Waals surface area (Å²) in [6.07, 6.45) is 1.39. The second-order valence-corrected chi connectivity index (χ2v) is 4.52. The van der Waals surface area contributed by atoms with Crippen LogP contribution in [0.15, 0.2) is 18.3 Å². The number of hydrogen-bond donors (Lipinski definition) is 0. The molecule has 0 saturated carbocycles. The Balaban J connectivity index is 3.04. The minimum absolute atomic E-state index is 0.0809. The summed E-state index contributed by atoms with van der Waals surface area (Å²) in [6.45, 7) is 5.22. The van der Waals surface area contributed by atoms with Crippen molar-refractivity contribution in [3.05, 3.63) is 29.6 Å². The van der Waals surface area contributed by atoms with Gasteiger partial charge in [-0.15, -0.1) is 0 Å². The number of nitrogens with zero attached hydrogens (tertiary/aromatic N) is 1. The summed E-state index contributed by atoms with van der Waals surface area (Å²) in [5, 5.41) is -0.776. The van der Waals surface area contributed by atoms with Crippen molar-refractivity contribution in [2.75, 3.05) is 0 Å². The van der Waals surface area contributed by atoms with Gasteiger partial charge in [-0.1, -0.05) is 0 Å². The van der Waals surface area contributed by atoms with Crippen LogP contribution in [0.1, 0.15) is 41.6 Å². The molecule has 86 valence electrons. The Hall–Kier alpha value is -1.42. The van der Waals surface area contributed by atoms with Crippen molar-refractivity contribution < 1.29 is 14.3 Å². The van der Waals surface area contributed by atoms with Gasteiger partial charge in [0.05, 0.1) is 5.56 Å². The molecule has 0 N–H and O–H groups in total. The number of rotatable bonds is 2. The van der Waals surface area contributed by atoms with Gasteiger partial charge in [0.2, 0.25) is 0 Å². The number of hydrogen-bond acceptors (Lipinski definition) is 4. The molecule has 0 radical (unpaired) electrons. The van der Waals surface area contributed by atoms with Gasteiger partial charge in [0, 0.05) is 6.20 Å². The van der Waals surface area contributed by atoms with Gasteiger partial charge in [0.1, 0.15) is 11.3 Å². The van der Waals surface area contributed by atoms with Gasteiger partial charge in [-0.2, -0.15) is 0 Å². The van der Waals surface area contributed by atoms with Crippen molar-refractivity contribution >= 4 is 22.8 Å². The maximum atomic E-state index is 11.7. The monoisotopic (exact) mass is 241 g/mol. The van der Waals surface area contributed by atoms with Gasteiger partial charge >= 0.3 is 5.97 Å². The third-order valence-corrected chi connectivity index (χ3v) is 1.79. The van der Waals surface area contributed by atoms with Crippen LogP contribution in [0.25, 0.3) is 0 Å². The zero-order chi connectivity index (χ0) is 12.3. The summed E-state index contributed by atoms with van der Waals surface area (Å²) in [5.74, 6) is -0.607. The predicted molar refractivity (Wildman–Crippen MR) is 59.6 cm³/mol. The Labute approximate surface area is 98.6 Å². The van der Waals surface area contributed by atoms with Gasteiger partial charge in [-0.3, -0.25) is 9.78 Å². The fourth-order valence-electron chi connectivity index (χ4n) is 1.06. The van der Waals surface area contributed by atoms with E-state index in [1.165, 1.54) is 12.3 Å². The summed E-state index contributed by atoms with van der Waals surface area (Å²) in [7, 11) is 0. The van der Waals surface area contributed by atoms with Crippen LogP contribution in [0, 0.1) is 0 Å². The topological polar surface area (TPSA) is 56.3 Å². The highest BCUT2D eigenvalue weighted by molar-refractivity contribution is 6.67. The van der Waals surface area contributed by atoms with Gasteiger partial charge in [-0.25, -0.2) is 4.79 Å². The Morgan fingerprint density at radius 2 is 2.00 bits per heavy atom. The van der Waals surface area contributed by atoms with E-state index in [1.54, 1.807) is 26.8 Å². The molecule has 0 aliphatic rings. The average Bonchev–Trinajstić information content (AvgIpc) is 2.15. The van der Waals surface area contributed by atoms with E-state index in [9.17, 15) is 9.59 Å². The molecule has 1 aromatic rings. The van der Waals surface area contributed by atoms with Gasteiger partial charge in [0.25, 0.3) is 5.24 Å². The quantitative estimate of drug-likeness (QED) is 0.589. The number of carbonyl (C=O) groups is 2. The Morgan fingerprint density at radius 1 is 1.38 bits per heavy atom. The Kier molecular flexibility index (Phi) is 3.65. The first-order valence-corrected chi connectivity index (χ1v) is 5.07. The minimum atomic E-state index is -0.776. The van der Waals surface area contributed by atoms with Crippen LogP contribution in [0.5, 0.6) is 0 Å². The molecule has 0 aliphatic heterocycles. The molecule has 0 fully saturated rings. The lowest BCUT2D eigenvalue weighted by Crippen LogP contribution is -2.25. The van der Waals surface area contributed by atoms with Crippen LogP contribution >= 0.6 is 11.6 Å². The lowest BCUT2D eigenvalue weighted by Gasteiger charge is -2.19. The maximum absolute atomic E-state index is 11.7. The number of carbonyl (C=O) groups excluding carboxylic acids is 2. The summed E-state index contributed by atoms with van der Waals surface area (Å²) in [5.41, 5.74) is -0.629. The highest BCUT2D eigenvalue weighted by atomic mass is 35.5. The van der Waals surface area contributed by atoms with Crippen molar-refractivity contribution in [3.8, 4) is 0 Å². The van der Waals surface area contributed by atoms with Crippen molar-refractivity contribution in [2.24, 2.45) is 0 Å². The van der Waals surface area contributed by atoms with Crippen LogP contribution < -0.4 is 0 Å². The summed E-state index contributed by atoms with van der Waals surface area (Å²) in [6, 6.07) is 3.00. The fraction of sp³-hybridized carbons (Fsp3) is 0.364. The fourth-order valence-corrected chi connectivity index (χ4v) is 1.21. The van der Waals surface area contributed by atoms with Crippen LogP contribution in [-0.2, 0) is 4.74 Å². The highest BCUT2D eigenvalue weighted by Crippen LogP contribution is 2.15. The molecule has 0 unspecified atom stereocenters. The van der Waals surface area contributed by atoms with E-state index < -0.39 is 16.8 Å². The van der Waals surface area contributed by atoms with E-state index in [1.807, 2.05) is 0 Å². The number of aromatic nitrogens is 1. The molecule has 0 atom stereocenters. The Morgan fingerprint density at radius 3 is 2.50 bits per heavy atom. The number of esters is 1. The van der Waals surface area contributed by atoms with Crippen LogP contribution in [-0.4, -0.2) is 21.8 Å². The van der Waals surface area contributed by atoms with Gasteiger partial charge in [-0.05, 0) is 44.5 Å². The largest absolute Gasteiger partial charge is 0.456 e. The van der Waals surface area contributed by atoms with Gasteiger partial charge < -0.3 is 4.74 Å². The van der Waals surface area contributed by atoms with E-state index in [2.05, 4.69) is 4.98 Å². The predicted octanol–water partition coefficient (Wildman–Crippen LogP) is 2.42. The molecule has 0 spiro atoms. The number of ether oxygens (including phenoxy) is 1. The third-order valence-electron chi connectivity index (χ3n) is 1.61. The molecule has 0 saturated heterocycles. The molecule has 4 nitrogen and oxygen atoms in total. The number of halogens is 1. The zero-order valence-electron chi connectivity index (χ0n) is 9.28. The average molecular weight is 242 g/mol. The molecular weight excluding hydrogens is 230 g/mol. The molecule has 0 bridgehead atoms. The van der Waals surface area contributed by atoms with E-state index in [-0.39, 0.29) is 11.3 Å².